The number of nitrogens with zero attached hydrogens (tertiary/aromatic N) is 1. The molecule has 2 aromatic rings. The summed E-state index contributed by atoms with van der Waals surface area (Å²) in [5.41, 5.74) is 1.71. The number of benzene rings is 2. The molecule has 1 atom stereocenters. The number of imide groups is 1. The van der Waals surface area contributed by atoms with Crippen LogP contribution in [0, 0.1) is 6.92 Å². The highest BCUT2D eigenvalue weighted by atomic mass is 32.2. The molecule has 2 aliphatic heterocycles. The predicted octanol–water partition coefficient (Wildman–Crippen LogP) is 1.67. The maximum absolute atomic E-state index is 13.0. The van der Waals surface area contributed by atoms with Gasteiger partial charge in [0.2, 0.25) is 15.9 Å². The van der Waals surface area contributed by atoms with Crippen LogP contribution in [0.25, 0.3) is 0 Å². The second kappa shape index (κ2) is 7.09. The molecule has 3 amide bonds. The van der Waals surface area contributed by atoms with Crippen molar-refractivity contribution in [2.45, 2.75) is 30.7 Å². The smallest absolute Gasteiger partial charge is 0.259 e. The molecule has 0 unspecified atom stereocenters. The maximum Gasteiger partial charge on any atom is 0.259 e. The number of nitrogens with one attached hydrogen (secondary N) is 2. The van der Waals surface area contributed by atoms with E-state index in [1.165, 1.54) is 34.6 Å². The minimum Gasteiger partial charge on any atom is -0.325 e. The van der Waals surface area contributed by atoms with Crippen molar-refractivity contribution < 1.29 is 22.8 Å². The van der Waals surface area contributed by atoms with Crippen molar-refractivity contribution in [3.05, 3.63) is 59.2 Å². The van der Waals surface area contributed by atoms with Gasteiger partial charge in [-0.15, -0.1) is 0 Å². The second-order valence-corrected chi connectivity index (χ2v) is 9.01. The molecule has 29 heavy (non-hydrogen) atoms. The molecule has 1 fully saturated rings. The quantitative estimate of drug-likeness (QED) is 0.741. The second-order valence-electron chi connectivity index (χ2n) is 7.12. The molecule has 2 aromatic carbocycles. The zero-order valence-corrected chi connectivity index (χ0v) is 16.5. The highest BCUT2D eigenvalue weighted by Crippen LogP contribution is 2.28. The Morgan fingerprint density at radius 1 is 1.07 bits per heavy atom. The summed E-state index contributed by atoms with van der Waals surface area (Å²) in [6, 6.07) is 10.1. The minimum atomic E-state index is -3.80. The van der Waals surface area contributed by atoms with E-state index in [0.29, 0.717) is 18.5 Å². The average Bonchev–Trinajstić information content (AvgIpc) is 3.28. The molecule has 0 bridgehead atoms. The van der Waals surface area contributed by atoms with Crippen LogP contribution in [0.2, 0.25) is 0 Å². The monoisotopic (exact) mass is 413 g/mol. The summed E-state index contributed by atoms with van der Waals surface area (Å²) in [6.07, 6.45) is 0.977. The number of amides is 3. The van der Waals surface area contributed by atoms with Gasteiger partial charge in [0.25, 0.3) is 11.8 Å². The van der Waals surface area contributed by atoms with Crippen LogP contribution in [0.5, 0.6) is 0 Å². The highest BCUT2D eigenvalue weighted by molar-refractivity contribution is 7.89. The third-order valence-corrected chi connectivity index (χ3v) is 7.06. The van der Waals surface area contributed by atoms with E-state index in [9.17, 15) is 22.8 Å². The lowest BCUT2D eigenvalue weighted by molar-refractivity contribution is -0.119. The standard InChI is InChI=1S/C20H19N3O5S/c1-12-4-7-14(8-5-12)29(27,28)23-10-2-3-17(23)20(26)21-13-6-9-15-16(11-13)19(25)22-18(15)24/h4-9,11,17H,2-3,10H2,1H3,(H,21,26)(H,22,24,25)/t17-/m1/s1. The van der Waals surface area contributed by atoms with Crippen LogP contribution in [0.4, 0.5) is 5.69 Å². The van der Waals surface area contributed by atoms with Crippen molar-refractivity contribution in [2.24, 2.45) is 0 Å². The van der Waals surface area contributed by atoms with Crippen LogP contribution >= 0.6 is 0 Å². The summed E-state index contributed by atoms with van der Waals surface area (Å²) < 4.78 is 27.2. The highest BCUT2D eigenvalue weighted by Gasteiger charge is 2.39. The molecule has 150 valence electrons. The molecule has 0 aromatic heterocycles. The van der Waals surface area contributed by atoms with Crippen LogP contribution < -0.4 is 10.6 Å². The molecule has 1 saturated heterocycles. The van der Waals surface area contributed by atoms with Crippen LogP contribution in [0.1, 0.15) is 39.1 Å². The van der Waals surface area contributed by atoms with E-state index in [-0.39, 0.29) is 22.6 Å². The SMILES string of the molecule is Cc1ccc(S(=O)(=O)N2CCC[C@@H]2C(=O)Nc2ccc3c(c2)C(=O)NC3=O)cc1. The fourth-order valence-corrected chi connectivity index (χ4v) is 5.26. The van der Waals surface area contributed by atoms with E-state index in [4.69, 9.17) is 0 Å². The Hall–Kier alpha value is -3.04. The molecule has 0 spiro atoms. The first kappa shape index (κ1) is 19.3. The van der Waals surface area contributed by atoms with E-state index in [1.54, 1.807) is 12.1 Å². The van der Waals surface area contributed by atoms with E-state index in [2.05, 4.69) is 10.6 Å². The van der Waals surface area contributed by atoms with Gasteiger partial charge in [-0.05, 0) is 50.1 Å². The van der Waals surface area contributed by atoms with Crippen molar-refractivity contribution in [1.82, 2.24) is 9.62 Å². The van der Waals surface area contributed by atoms with Crippen LogP contribution in [-0.4, -0.2) is 43.0 Å². The predicted molar refractivity (Wildman–Crippen MR) is 105 cm³/mol. The first-order valence-corrected chi connectivity index (χ1v) is 10.6. The number of aryl methyl sites for hydroxylation is 1. The Balaban J connectivity index is 1.56. The molecule has 4 rings (SSSR count). The number of sulfonamides is 1. The van der Waals surface area contributed by atoms with E-state index in [0.717, 1.165) is 5.56 Å². The molecule has 9 heteroatoms. The van der Waals surface area contributed by atoms with Gasteiger partial charge >= 0.3 is 0 Å². The van der Waals surface area contributed by atoms with Crippen molar-refractivity contribution in [1.29, 1.82) is 0 Å². The van der Waals surface area contributed by atoms with Crippen molar-refractivity contribution in [3.63, 3.8) is 0 Å². The molecule has 0 radical (unpaired) electrons. The zero-order chi connectivity index (χ0) is 20.8. The van der Waals surface area contributed by atoms with Crippen LogP contribution in [-0.2, 0) is 14.8 Å². The number of rotatable bonds is 4. The summed E-state index contributed by atoms with van der Waals surface area (Å²) in [4.78, 5) is 36.4. The maximum atomic E-state index is 13.0. The molecule has 2 heterocycles. The van der Waals surface area contributed by atoms with Crippen molar-refractivity contribution >= 4 is 33.4 Å². The van der Waals surface area contributed by atoms with Gasteiger partial charge in [-0.25, -0.2) is 8.42 Å². The first-order valence-electron chi connectivity index (χ1n) is 9.16. The Kier molecular flexibility index (Phi) is 4.71. The lowest BCUT2D eigenvalue weighted by Crippen LogP contribution is -2.43. The molecule has 2 N–H and O–H groups in total. The molecular weight excluding hydrogens is 394 g/mol. The third-order valence-electron chi connectivity index (χ3n) is 5.14. The average molecular weight is 413 g/mol. The topological polar surface area (TPSA) is 113 Å². The van der Waals surface area contributed by atoms with Gasteiger partial charge in [0.15, 0.2) is 0 Å². The van der Waals surface area contributed by atoms with Crippen molar-refractivity contribution in [3.8, 4) is 0 Å². The largest absolute Gasteiger partial charge is 0.325 e. The van der Waals surface area contributed by atoms with E-state index < -0.39 is 33.8 Å². The number of carbonyl (C=O) groups excluding carboxylic acids is 3. The summed E-state index contributed by atoms with van der Waals surface area (Å²) in [6.45, 7) is 2.13. The van der Waals surface area contributed by atoms with Gasteiger partial charge < -0.3 is 5.32 Å². The normalized spacial score (nSPS) is 19.1. The lowest BCUT2D eigenvalue weighted by Gasteiger charge is -2.23. The van der Waals surface area contributed by atoms with Gasteiger partial charge in [-0.1, -0.05) is 17.7 Å². The summed E-state index contributed by atoms with van der Waals surface area (Å²) in [5, 5.41) is 4.86. The summed E-state index contributed by atoms with van der Waals surface area (Å²) in [5.74, 6) is -1.47. The number of carbonyl (C=O) groups is 3. The van der Waals surface area contributed by atoms with Crippen LogP contribution in [0.15, 0.2) is 47.4 Å². The summed E-state index contributed by atoms with van der Waals surface area (Å²) in [7, 11) is -3.80. The van der Waals surface area contributed by atoms with E-state index >= 15 is 0 Å². The number of hydrogen-bond acceptors (Lipinski definition) is 5. The Morgan fingerprint density at radius 3 is 2.48 bits per heavy atom. The fourth-order valence-electron chi connectivity index (χ4n) is 3.61. The van der Waals surface area contributed by atoms with Gasteiger partial charge in [-0.3, -0.25) is 19.7 Å². The Morgan fingerprint density at radius 2 is 1.76 bits per heavy atom. The molecule has 8 nitrogen and oxygen atoms in total. The molecule has 0 aliphatic carbocycles. The fraction of sp³-hybridized carbons (Fsp3) is 0.250. The Labute approximate surface area is 168 Å². The van der Waals surface area contributed by atoms with Gasteiger partial charge in [0.05, 0.1) is 16.0 Å². The van der Waals surface area contributed by atoms with Gasteiger partial charge in [0, 0.05) is 12.2 Å². The molecular formula is C20H19N3O5S. The van der Waals surface area contributed by atoms with Gasteiger partial charge in [-0.2, -0.15) is 4.31 Å². The van der Waals surface area contributed by atoms with Gasteiger partial charge in [0.1, 0.15) is 6.04 Å². The number of fused-ring (bicyclic) bond motifs is 1. The summed E-state index contributed by atoms with van der Waals surface area (Å²) >= 11 is 0. The molecule has 0 saturated carbocycles. The van der Waals surface area contributed by atoms with Crippen molar-refractivity contribution in [2.75, 3.05) is 11.9 Å². The Bertz CT molecular complexity index is 1130. The minimum absolute atomic E-state index is 0.149. The number of hydrogen-bond donors (Lipinski definition) is 2. The lowest BCUT2D eigenvalue weighted by atomic mass is 10.1. The van der Waals surface area contributed by atoms with Crippen LogP contribution in [0.3, 0.4) is 0 Å². The first-order chi connectivity index (χ1) is 13.8. The zero-order valence-electron chi connectivity index (χ0n) is 15.6. The number of anilines is 1. The van der Waals surface area contributed by atoms with E-state index in [1.807, 2.05) is 6.92 Å². The third kappa shape index (κ3) is 3.43. The molecule has 2 aliphatic rings.